The van der Waals surface area contributed by atoms with Crippen molar-refractivity contribution in [1.29, 1.82) is 0 Å². The van der Waals surface area contributed by atoms with Crippen LogP contribution in [-0.4, -0.2) is 5.11 Å². The topological polar surface area (TPSA) is 49.7 Å². The molecule has 0 saturated carbocycles. The molecule has 0 radical (unpaired) electrons. The molecule has 0 atom stereocenters. The third-order valence-electron chi connectivity index (χ3n) is 2.27. The molecule has 0 fully saturated rings. The Morgan fingerprint density at radius 2 is 2.00 bits per heavy atom. The fourth-order valence-corrected chi connectivity index (χ4v) is 3.29. The van der Waals surface area contributed by atoms with Crippen LogP contribution in [0.2, 0.25) is 0 Å². The van der Waals surface area contributed by atoms with Crippen LogP contribution in [-0.2, 0) is 0 Å². The van der Waals surface area contributed by atoms with Crippen molar-refractivity contribution in [3.8, 4) is 5.75 Å². The number of hydrogen-bond acceptors (Lipinski definition) is 3. The summed E-state index contributed by atoms with van der Waals surface area (Å²) in [5, 5.41) is 14.1. The average molecular weight is 298 g/mol. The van der Waals surface area contributed by atoms with Gasteiger partial charge in [0.15, 0.2) is 0 Å². The molecule has 2 aromatic rings. The van der Waals surface area contributed by atoms with E-state index in [9.17, 15) is 10.0 Å². The number of nitroso groups, excluding NO2 is 1. The zero-order chi connectivity index (χ0) is 9.71. The van der Waals surface area contributed by atoms with E-state index in [2.05, 4.69) is 11.2 Å². The van der Waals surface area contributed by atoms with Crippen molar-refractivity contribution in [3.63, 3.8) is 0 Å². The Kier molecular flexibility index (Phi) is 1.55. The number of fused-ring (bicyclic) bond motifs is 2. The van der Waals surface area contributed by atoms with Gasteiger partial charge in [0.2, 0.25) is 0 Å². The number of benzene rings is 2. The van der Waals surface area contributed by atoms with E-state index in [0.717, 1.165) is 10.8 Å². The van der Waals surface area contributed by atoms with Gasteiger partial charge < -0.3 is 0 Å². The first-order valence-corrected chi connectivity index (χ1v) is 6.23. The van der Waals surface area contributed by atoms with Crippen molar-refractivity contribution in [1.82, 2.24) is 0 Å². The second-order valence-electron chi connectivity index (χ2n) is 3.11. The monoisotopic (exact) mass is 298 g/mol. The van der Waals surface area contributed by atoms with E-state index in [1.54, 1.807) is 0 Å². The second kappa shape index (κ2) is 2.66. The van der Waals surface area contributed by atoms with Gasteiger partial charge in [-0.05, 0) is 0 Å². The molecule has 2 aromatic carbocycles. The Bertz CT molecular complexity index is 566. The molecule has 4 heteroatoms. The Morgan fingerprint density at radius 3 is 2.79 bits per heavy atom. The quantitative estimate of drug-likeness (QED) is 0.481. The van der Waals surface area contributed by atoms with E-state index in [1.807, 2.05) is 12.1 Å². The van der Waals surface area contributed by atoms with E-state index in [1.165, 1.54) is 13.2 Å². The van der Waals surface area contributed by atoms with Crippen molar-refractivity contribution in [3.05, 3.63) is 36.3 Å². The van der Waals surface area contributed by atoms with Crippen molar-refractivity contribution in [2.75, 3.05) is 0 Å². The van der Waals surface area contributed by atoms with Crippen LogP contribution in [0.15, 0.2) is 29.4 Å². The van der Waals surface area contributed by atoms with Crippen molar-refractivity contribution in [2.45, 2.75) is 0 Å². The van der Waals surface area contributed by atoms with E-state index >= 15 is 0 Å². The van der Waals surface area contributed by atoms with E-state index in [0.29, 0.717) is 0 Å². The minimum atomic E-state index is -0.0358. The summed E-state index contributed by atoms with van der Waals surface area (Å²) < 4.78 is 2.78. The number of phenolic OH excluding ortho intramolecular Hbond substituents is 1. The van der Waals surface area contributed by atoms with Crippen LogP contribution in [0.5, 0.6) is 5.75 Å². The molecular formula is C10H5INO2-. The zero-order valence-corrected chi connectivity index (χ0v) is 9.15. The maximum atomic E-state index is 10.6. The Balaban J connectivity index is 2.47. The Hall–Kier alpha value is -1.17. The molecule has 0 bridgehead atoms. The molecule has 14 heavy (non-hydrogen) atoms. The summed E-state index contributed by atoms with van der Waals surface area (Å²) in [7, 11) is 0. The molecule has 1 aliphatic rings. The summed E-state index contributed by atoms with van der Waals surface area (Å²) in [6, 6.07) is 7.41. The molecule has 0 spiro atoms. The summed E-state index contributed by atoms with van der Waals surface area (Å²) in [5.74, 6) is -0.0358. The molecule has 0 aliphatic carbocycles. The van der Waals surface area contributed by atoms with Crippen LogP contribution < -0.4 is 21.2 Å². The number of rotatable bonds is 1. The van der Waals surface area contributed by atoms with Crippen LogP contribution in [0.25, 0.3) is 10.8 Å². The molecule has 3 nitrogen and oxygen atoms in total. The number of phenols is 1. The van der Waals surface area contributed by atoms with Crippen molar-refractivity contribution < 1.29 is 26.3 Å². The summed E-state index contributed by atoms with van der Waals surface area (Å²) >= 11 is 0.0912. The van der Waals surface area contributed by atoms with Crippen molar-refractivity contribution >= 4 is 16.5 Å². The van der Waals surface area contributed by atoms with Gasteiger partial charge in [-0.1, -0.05) is 0 Å². The third kappa shape index (κ3) is 1.03. The number of aromatic hydroxyl groups is 1. The van der Waals surface area contributed by atoms with Gasteiger partial charge in [-0.25, -0.2) is 0 Å². The van der Waals surface area contributed by atoms with Crippen LogP contribution in [0.3, 0.4) is 0 Å². The Morgan fingerprint density at radius 1 is 1.21 bits per heavy atom. The first kappa shape index (κ1) is 8.16. The molecular weight excluding hydrogens is 293 g/mol. The molecule has 1 aliphatic heterocycles. The predicted molar refractivity (Wildman–Crippen MR) is 48.5 cm³/mol. The van der Waals surface area contributed by atoms with Gasteiger partial charge in [-0.15, -0.1) is 0 Å². The number of nitrogens with zero attached hydrogens (tertiary/aromatic N) is 1. The van der Waals surface area contributed by atoms with E-state index in [-0.39, 0.29) is 32.6 Å². The molecule has 3 rings (SSSR count). The SMILES string of the molecule is O=Nc1c(O)ccc2cc3c(cc12)[I-]3. The summed E-state index contributed by atoms with van der Waals surface area (Å²) in [5.41, 5.74) is 0.168. The molecule has 1 heterocycles. The summed E-state index contributed by atoms with van der Waals surface area (Å²) in [6.07, 6.45) is 0. The zero-order valence-electron chi connectivity index (χ0n) is 6.99. The molecule has 1 N–H and O–H groups in total. The van der Waals surface area contributed by atoms with E-state index < -0.39 is 0 Å². The Labute approximate surface area is 90.0 Å². The average Bonchev–Trinajstić information content (AvgIpc) is 2.92. The molecule has 0 amide bonds. The van der Waals surface area contributed by atoms with Crippen LogP contribution in [0.1, 0.15) is 0 Å². The van der Waals surface area contributed by atoms with Gasteiger partial charge in [0.05, 0.1) is 0 Å². The minimum absolute atomic E-state index is 0.0358. The van der Waals surface area contributed by atoms with Gasteiger partial charge in [0.25, 0.3) is 0 Å². The van der Waals surface area contributed by atoms with Crippen LogP contribution in [0.4, 0.5) is 5.69 Å². The van der Waals surface area contributed by atoms with Gasteiger partial charge in [-0.2, -0.15) is 0 Å². The van der Waals surface area contributed by atoms with E-state index in [4.69, 9.17) is 0 Å². The van der Waals surface area contributed by atoms with Crippen LogP contribution in [0, 0.1) is 12.0 Å². The molecule has 70 valence electrons. The molecule has 0 unspecified atom stereocenters. The molecule has 0 aromatic heterocycles. The summed E-state index contributed by atoms with van der Waals surface area (Å²) in [4.78, 5) is 10.6. The second-order valence-corrected chi connectivity index (χ2v) is 5.97. The summed E-state index contributed by atoms with van der Waals surface area (Å²) in [6.45, 7) is 0. The first-order valence-electron chi connectivity index (χ1n) is 4.07. The van der Waals surface area contributed by atoms with Crippen molar-refractivity contribution in [2.24, 2.45) is 5.18 Å². The number of halogens is 1. The first-order chi connectivity index (χ1) is 6.79. The number of hydrogen-bond donors (Lipinski definition) is 1. The normalized spacial score (nSPS) is 13.1. The van der Waals surface area contributed by atoms with Gasteiger partial charge in [0, 0.05) is 0 Å². The van der Waals surface area contributed by atoms with Crippen LogP contribution >= 0.6 is 0 Å². The molecule has 0 saturated heterocycles. The van der Waals surface area contributed by atoms with Gasteiger partial charge >= 0.3 is 90.0 Å². The van der Waals surface area contributed by atoms with Gasteiger partial charge in [0.1, 0.15) is 0 Å². The standard InChI is InChI=1S/C10H5INO2/c13-9-2-1-5-3-7-8(11-7)4-6(5)10(9)12-14/h1-4,13H/q-1. The fourth-order valence-electron chi connectivity index (χ4n) is 1.53. The predicted octanol–water partition coefficient (Wildman–Crippen LogP) is -0.615. The third-order valence-corrected chi connectivity index (χ3v) is 4.68. The fraction of sp³-hybridized carbons (Fsp3) is 0. The maximum absolute atomic E-state index is 10.6. The van der Waals surface area contributed by atoms with Gasteiger partial charge in [-0.3, -0.25) is 0 Å².